The summed E-state index contributed by atoms with van der Waals surface area (Å²) in [6.07, 6.45) is -1.20. The van der Waals surface area contributed by atoms with E-state index in [4.69, 9.17) is 20.3 Å². The Morgan fingerprint density at radius 3 is 2.43 bits per heavy atom. The van der Waals surface area contributed by atoms with E-state index < -0.39 is 12.2 Å². The molecule has 0 aromatic rings. The van der Waals surface area contributed by atoms with Crippen LogP contribution in [0, 0.1) is 5.41 Å². The summed E-state index contributed by atoms with van der Waals surface area (Å²) in [7, 11) is 0. The molecule has 0 heterocycles. The topological polar surface area (TPSA) is 81.8 Å². The Hall–Kier alpha value is -0.810. The van der Waals surface area contributed by atoms with Gasteiger partial charge in [-0.25, -0.2) is 4.79 Å². The van der Waals surface area contributed by atoms with E-state index in [1.54, 1.807) is 0 Å². The average Bonchev–Trinajstić information content (AvgIpc) is 2.00. The van der Waals surface area contributed by atoms with Crippen molar-refractivity contribution in [1.82, 2.24) is 0 Å². The van der Waals surface area contributed by atoms with Gasteiger partial charge in [0.1, 0.15) is 6.10 Å². The number of hydrogen-bond donors (Lipinski definition) is 2. The normalized spacial score (nSPS) is 13.7. The summed E-state index contributed by atoms with van der Waals surface area (Å²) in [5, 5.41) is 8.51. The molecule has 14 heavy (non-hydrogen) atoms. The van der Waals surface area contributed by atoms with Crippen molar-refractivity contribution in [3.63, 3.8) is 0 Å². The third-order valence-electron chi connectivity index (χ3n) is 1.73. The molecule has 0 radical (unpaired) electrons. The minimum absolute atomic E-state index is 0.0482. The van der Waals surface area contributed by atoms with Crippen LogP contribution in [-0.4, -0.2) is 37.1 Å². The second kappa shape index (κ2) is 5.82. The molecule has 0 aliphatic carbocycles. The molecule has 3 N–H and O–H groups in total. The highest BCUT2D eigenvalue weighted by atomic mass is 16.6. The summed E-state index contributed by atoms with van der Waals surface area (Å²) in [6, 6.07) is 0. The predicted molar refractivity (Wildman–Crippen MR) is 51.8 cm³/mol. The lowest BCUT2D eigenvalue weighted by molar-refractivity contribution is -0.0349. The molecule has 1 amide bonds. The maximum atomic E-state index is 10.6. The highest BCUT2D eigenvalue weighted by Crippen LogP contribution is 2.22. The van der Waals surface area contributed by atoms with E-state index >= 15 is 0 Å². The van der Waals surface area contributed by atoms with Crippen molar-refractivity contribution in [1.29, 1.82) is 0 Å². The van der Waals surface area contributed by atoms with E-state index in [0.29, 0.717) is 0 Å². The molecular weight excluding hydrogens is 186 g/mol. The third-order valence-corrected chi connectivity index (χ3v) is 1.73. The SMILES string of the molecule is CC(C)(C)C(COCCO)OC(N)=O. The Balaban J connectivity index is 4.05. The molecule has 84 valence electrons. The molecular formula is C9H19NO4. The van der Waals surface area contributed by atoms with Crippen LogP contribution in [0.25, 0.3) is 0 Å². The minimum Gasteiger partial charge on any atom is -0.443 e. The lowest BCUT2D eigenvalue weighted by atomic mass is 9.89. The van der Waals surface area contributed by atoms with Crippen LogP contribution in [0.2, 0.25) is 0 Å². The van der Waals surface area contributed by atoms with Crippen molar-refractivity contribution >= 4 is 6.09 Å². The predicted octanol–water partition coefficient (Wildman–Crippen LogP) is 0.505. The van der Waals surface area contributed by atoms with Crippen LogP contribution in [0.3, 0.4) is 0 Å². The van der Waals surface area contributed by atoms with Crippen LogP contribution < -0.4 is 5.73 Å². The van der Waals surface area contributed by atoms with Gasteiger partial charge in [-0.2, -0.15) is 0 Å². The van der Waals surface area contributed by atoms with Gasteiger partial charge < -0.3 is 20.3 Å². The minimum atomic E-state index is -0.808. The molecule has 0 rings (SSSR count). The van der Waals surface area contributed by atoms with Crippen LogP contribution in [-0.2, 0) is 9.47 Å². The van der Waals surface area contributed by atoms with E-state index in [9.17, 15) is 4.79 Å². The van der Waals surface area contributed by atoms with Gasteiger partial charge in [0.05, 0.1) is 19.8 Å². The lowest BCUT2D eigenvalue weighted by Crippen LogP contribution is -2.37. The average molecular weight is 205 g/mol. The maximum Gasteiger partial charge on any atom is 0.404 e. The number of hydrogen-bond acceptors (Lipinski definition) is 4. The number of ether oxygens (including phenoxy) is 2. The number of primary amides is 1. The van der Waals surface area contributed by atoms with Crippen molar-refractivity contribution in [2.45, 2.75) is 26.9 Å². The van der Waals surface area contributed by atoms with Crippen LogP contribution in [0.5, 0.6) is 0 Å². The van der Waals surface area contributed by atoms with Gasteiger partial charge in [0.2, 0.25) is 0 Å². The molecule has 1 atom stereocenters. The highest BCUT2D eigenvalue weighted by Gasteiger charge is 2.27. The van der Waals surface area contributed by atoms with Crippen LogP contribution >= 0.6 is 0 Å². The largest absolute Gasteiger partial charge is 0.443 e. The molecule has 0 aliphatic rings. The molecule has 0 spiro atoms. The maximum absolute atomic E-state index is 10.6. The van der Waals surface area contributed by atoms with Crippen LogP contribution in [0.4, 0.5) is 4.79 Å². The fourth-order valence-corrected chi connectivity index (χ4v) is 0.856. The zero-order chi connectivity index (χ0) is 11.2. The molecule has 0 aromatic carbocycles. The molecule has 0 saturated carbocycles. The molecule has 0 aromatic heterocycles. The van der Waals surface area contributed by atoms with Gasteiger partial charge >= 0.3 is 6.09 Å². The Bertz CT molecular complexity index is 176. The summed E-state index contributed by atoms with van der Waals surface area (Å²) in [6.45, 7) is 6.18. The first-order valence-electron chi connectivity index (χ1n) is 4.52. The number of carbonyl (C=O) groups is 1. The van der Waals surface area contributed by atoms with Crippen molar-refractivity contribution in [3.8, 4) is 0 Å². The zero-order valence-corrected chi connectivity index (χ0v) is 8.95. The van der Waals surface area contributed by atoms with Gasteiger partial charge in [0, 0.05) is 5.41 Å². The number of nitrogens with two attached hydrogens (primary N) is 1. The molecule has 5 heteroatoms. The van der Waals surface area contributed by atoms with Crippen molar-refractivity contribution in [2.75, 3.05) is 19.8 Å². The molecule has 0 fully saturated rings. The fourth-order valence-electron chi connectivity index (χ4n) is 0.856. The zero-order valence-electron chi connectivity index (χ0n) is 8.95. The Morgan fingerprint density at radius 2 is 2.07 bits per heavy atom. The first kappa shape index (κ1) is 13.2. The van der Waals surface area contributed by atoms with Crippen molar-refractivity contribution in [3.05, 3.63) is 0 Å². The van der Waals surface area contributed by atoms with Gasteiger partial charge in [-0.1, -0.05) is 20.8 Å². The third kappa shape index (κ3) is 5.77. The molecule has 0 saturated heterocycles. The van der Waals surface area contributed by atoms with Gasteiger partial charge in [-0.3, -0.25) is 0 Å². The summed E-state index contributed by atoms with van der Waals surface area (Å²) in [5.41, 5.74) is 4.70. The lowest BCUT2D eigenvalue weighted by Gasteiger charge is -2.29. The fraction of sp³-hybridized carbons (Fsp3) is 0.889. The second-order valence-corrected chi connectivity index (χ2v) is 4.09. The number of aliphatic hydroxyl groups excluding tert-OH is 1. The van der Waals surface area contributed by atoms with E-state index in [-0.39, 0.29) is 25.2 Å². The first-order valence-corrected chi connectivity index (χ1v) is 4.52. The standard InChI is InChI=1S/C9H19NO4/c1-9(2,3)7(14-8(10)12)6-13-5-4-11/h7,11H,4-6H2,1-3H3,(H2,10,12). The van der Waals surface area contributed by atoms with E-state index in [1.165, 1.54) is 0 Å². The second-order valence-electron chi connectivity index (χ2n) is 4.09. The van der Waals surface area contributed by atoms with Gasteiger partial charge in [0.25, 0.3) is 0 Å². The molecule has 5 nitrogen and oxygen atoms in total. The number of aliphatic hydroxyl groups is 1. The molecule has 0 aliphatic heterocycles. The summed E-state index contributed by atoms with van der Waals surface area (Å²) in [5.74, 6) is 0. The number of rotatable bonds is 5. The summed E-state index contributed by atoms with van der Waals surface area (Å²) < 4.78 is 9.98. The summed E-state index contributed by atoms with van der Waals surface area (Å²) in [4.78, 5) is 10.6. The summed E-state index contributed by atoms with van der Waals surface area (Å²) >= 11 is 0. The van der Waals surface area contributed by atoms with Gasteiger partial charge in [-0.15, -0.1) is 0 Å². The van der Waals surface area contributed by atoms with Crippen LogP contribution in [0.15, 0.2) is 0 Å². The highest BCUT2D eigenvalue weighted by molar-refractivity contribution is 5.64. The quantitative estimate of drug-likeness (QED) is 0.640. The first-order chi connectivity index (χ1) is 6.38. The number of carbonyl (C=O) groups excluding carboxylic acids is 1. The van der Waals surface area contributed by atoms with Gasteiger partial charge in [0.15, 0.2) is 0 Å². The molecule has 1 unspecified atom stereocenters. The van der Waals surface area contributed by atoms with E-state index in [0.717, 1.165) is 0 Å². The smallest absolute Gasteiger partial charge is 0.404 e. The Kier molecular flexibility index (Phi) is 5.49. The van der Waals surface area contributed by atoms with Crippen molar-refractivity contribution < 1.29 is 19.4 Å². The number of amides is 1. The van der Waals surface area contributed by atoms with E-state index in [1.807, 2.05) is 20.8 Å². The van der Waals surface area contributed by atoms with Gasteiger partial charge in [-0.05, 0) is 0 Å². The van der Waals surface area contributed by atoms with E-state index in [2.05, 4.69) is 0 Å². The van der Waals surface area contributed by atoms with Crippen molar-refractivity contribution in [2.24, 2.45) is 11.1 Å². The Labute approximate surface area is 84.2 Å². The monoisotopic (exact) mass is 205 g/mol. The van der Waals surface area contributed by atoms with Crippen LogP contribution in [0.1, 0.15) is 20.8 Å². The Morgan fingerprint density at radius 1 is 1.50 bits per heavy atom. The molecule has 0 bridgehead atoms.